The van der Waals surface area contributed by atoms with Crippen LogP contribution in [0.1, 0.15) is 57.3 Å². The molecule has 1 aromatic rings. The van der Waals surface area contributed by atoms with Crippen LogP contribution in [0, 0.1) is 11.8 Å². The van der Waals surface area contributed by atoms with Crippen LogP contribution in [-0.4, -0.2) is 39.8 Å². The van der Waals surface area contributed by atoms with Gasteiger partial charge in [-0.2, -0.15) is 0 Å². The SMILES string of the molecule is CC1=C(C)C(=O)C(C(CC(C)(O)CNC(=O)c2ccccc2O)C2CC2)=C(C)C1=O. The van der Waals surface area contributed by atoms with Crippen molar-refractivity contribution >= 4 is 17.5 Å². The fraction of sp³-hybridized carbons (Fsp3) is 0.458. The number of para-hydroxylation sites is 1. The minimum atomic E-state index is -1.28. The van der Waals surface area contributed by atoms with Gasteiger partial charge in [0.15, 0.2) is 11.6 Å². The summed E-state index contributed by atoms with van der Waals surface area (Å²) in [7, 11) is 0. The summed E-state index contributed by atoms with van der Waals surface area (Å²) in [5.74, 6) is -0.823. The predicted octanol–water partition coefficient (Wildman–Crippen LogP) is 3.09. The molecule has 2 aliphatic carbocycles. The molecule has 2 aliphatic rings. The number of aliphatic hydroxyl groups is 1. The second kappa shape index (κ2) is 8.19. The van der Waals surface area contributed by atoms with Gasteiger partial charge in [-0.15, -0.1) is 0 Å². The Hall–Kier alpha value is -2.73. The molecule has 6 nitrogen and oxygen atoms in total. The third kappa shape index (κ3) is 4.38. The standard InChI is InChI=1S/C24H29NO5/c1-13-14(2)22(28)20(15(3)21(13)27)18(16-9-10-16)11-24(4,30)12-25-23(29)17-7-5-6-8-19(17)26/h5-8,16,18,26,30H,9-12H2,1-4H3,(H,25,29). The second-order valence-electron chi connectivity index (χ2n) is 8.79. The van der Waals surface area contributed by atoms with Gasteiger partial charge in [0.25, 0.3) is 5.91 Å². The van der Waals surface area contributed by atoms with Gasteiger partial charge in [-0.05, 0) is 70.9 Å². The zero-order valence-corrected chi connectivity index (χ0v) is 17.9. The Morgan fingerprint density at radius 1 is 1.10 bits per heavy atom. The lowest BCUT2D eigenvalue weighted by molar-refractivity contribution is -0.117. The van der Waals surface area contributed by atoms with Crippen LogP contribution in [0.25, 0.3) is 0 Å². The number of hydrogen-bond donors (Lipinski definition) is 3. The highest BCUT2D eigenvalue weighted by atomic mass is 16.3. The van der Waals surface area contributed by atoms with Gasteiger partial charge in [-0.25, -0.2) is 0 Å². The number of Topliss-reactive ketones (excluding diaryl/α,β-unsaturated/α-hetero) is 2. The van der Waals surface area contributed by atoms with E-state index >= 15 is 0 Å². The van der Waals surface area contributed by atoms with Crippen LogP contribution in [0.4, 0.5) is 0 Å². The second-order valence-corrected chi connectivity index (χ2v) is 8.79. The maximum Gasteiger partial charge on any atom is 0.255 e. The predicted molar refractivity (Wildman–Crippen MR) is 113 cm³/mol. The number of allylic oxidation sites excluding steroid dienone is 4. The van der Waals surface area contributed by atoms with E-state index in [1.165, 1.54) is 12.1 Å². The number of amides is 1. The van der Waals surface area contributed by atoms with E-state index in [1.54, 1.807) is 39.8 Å². The Balaban J connectivity index is 1.77. The van der Waals surface area contributed by atoms with Gasteiger partial charge < -0.3 is 15.5 Å². The van der Waals surface area contributed by atoms with Gasteiger partial charge in [0.05, 0.1) is 11.2 Å². The molecular formula is C24H29NO5. The Morgan fingerprint density at radius 2 is 1.70 bits per heavy atom. The van der Waals surface area contributed by atoms with Crippen LogP contribution >= 0.6 is 0 Å². The molecule has 0 saturated heterocycles. The van der Waals surface area contributed by atoms with Crippen molar-refractivity contribution in [1.29, 1.82) is 0 Å². The lowest BCUT2D eigenvalue weighted by Gasteiger charge is -2.32. The first-order valence-electron chi connectivity index (χ1n) is 10.3. The van der Waals surface area contributed by atoms with Gasteiger partial charge in [0.1, 0.15) is 5.75 Å². The summed E-state index contributed by atoms with van der Waals surface area (Å²) in [5, 5.41) is 23.5. The van der Waals surface area contributed by atoms with Gasteiger partial charge in [-0.3, -0.25) is 14.4 Å². The first kappa shape index (κ1) is 22.0. The topological polar surface area (TPSA) is 104 Å². The molecule has 30 heavy (non-hydrogen) atoms. The van der Waals surface area contributed by atoms with E-state index in [0.717, 1.165) is 12.8 Å². The highest BCUT2D eigenvalue weighted by molar-refractivity contribution is 6.24. The van der Waals surface area contributed by atoms with Gasteiger partial charge in [0.2, 0.25) is 0 Å². The molecule has 0 radical (unpaired) electrons. The number of nitrogens with one attached hydrogen (secondary N) is 1. The fourth-order valence-electron chi connectivity index (χ4n) is 4.14. The average molecular weight is 411 g/mol. The van der Waals surface area contributed by atoms with Crippen molar-refractivity contribution in [2.24, 2.45) is 11.8 Å². The first-order chi connectivity index (χ1) is 14.0. The van der Waals surface area contributed by atoms with E-state index in [1.807, 2.05) is 0 Å². The minimum Gasteiger partial charge on any atom is -0.507 e. The van der Waals surface area contributed by atoms with Crippen LogP contribution in [0.3, 0.4) is 0 Å². The lowest BCUT2D eigenvalue weighted by atomic mass is 9.74. The molecule has 0 aliphatic heterocycles. The number of rotatable bonds is 7. The van der Waals surface area contributed by atoms with Gasteiger partial charge >= 0.3 is 0 Å². The van der Waals surface area contributed by atoms with Crippen LogP contribution in [0.5, 0.6) is 5.75 Å². The average Bonchev–Trinajstić information content (AvgIpc) is 3.54. The number of phenolic OH excluding ortho intramolecular Hbond substituents is 1. The van der Waals surface area contributed by atoms with Gasteiger partial charge in [-0.1, -0.05) is 12.1 Å². The van der Waals surface area contributed by atoms with Crippen LogP contribution in [0.15, 0.2) is 46.6 Å². The molecule has 2 atom stereocenters. The molecule has 2 unspecified atom stereocenters. The molecule has 1 amide bonds. The molecular weight excluding hydrogens is 382 g/mol. The normalized spacial score (nSPS) is 20.3. The van der Waals surface area contributed by atoms with Gasteiger partial charge in [0, 0.05) is 28.8 Å². The van der Waals surface area contributed by atoms with Crippen molar-refractivity contribution in [3.8, 4) is 5.75 Å². The number of hydrogen-bond acceptors (Lipinski definition) is 5. The molecule has 1 fully saturated rings. The Bertz CT molecular complexity index is 966. The molecule has 1 saturated carbocycles. The van der Waals surface area contributed by atoms with Crippen molar-refractivity contribution in [2.75, 3.05) is 6.54 Å². The fourth-order valence-corrected chi connectivity index (χ4v) is 4.14. The highest BCUT2D eigenvalue weighted by Crippen LogP contribution is 2.47. The third-order valence-electron chi connectivity index (χ3n) is 6.23. The maximum absolute atomic E-state index is 13.0. The number of phenols is 1. The van der Waals surface area contributed by atoms with E-state index in [-0.39, 0.29) is 47.7 Å². The highest BCUT2D eigenvalue weighted by Gasteiger charge is 2.43. The molecule has 0 aromatic heterocycles. The van der Waals surface area contributed by atoms with Crippen molar-refractivity contribution in [2.45, 2.75) is 52.6 Å². The monoisotopic (exact) mass is 411 g/mol. The summed E-state index contributed by atoms with van der Waals surface area (Å²) in [4.78, 5) is 38.0. The van der Waals surface area contributed by atoms with E-state index in [4.69, 9.17) is 0 Å². The number of aromatic hydroxyl groups is 1. The van der Waals surface area contributed by atoms with E-state index < -0.39 is 11.5 Å². The third-order valence-corrected chi connectivity index (χ3v) is 6.23. The Morgan fingerprint density at radius 3 is 2.30 bits per heavy atom. The number of carbonyl (C=O) groups excluding carboxylic acids is 3. The van der Waals surface area contributed by atoms with Crippen LogP contribution < -0.4 is 5.32 Å². The smallest absolute Gasteiger partial charge is 0.255 e. The molecule has 0 bridgehead atoms. The molecule has 0 spiro atoms. The molecule has 6 heteroatoms. The van der Waals surface area contributed by atoms with E-state index in [2.05, 4.69) is 5.32 Å². The minimum absolute atomic E-state index is 0.0360. The Labute approximate surface area is 176 Å². The summed E-state index contributed by atoms with van der Waals surface area (Å²) < 4.78 is 0. The molecule has 0 heterocycles. The summed E-state index contributed by atoms with van der Waals surface area (Å²) in [6.45, 7) is 6.62. The van der Waals surface area contributed by atoms with E-state index in [9.17, 15) is 24.6 Å². The quantitative estimate of drug-likeness (QED) is 0.598. The zero-order chi connectivity index (χ0) is 22.2. The largest absolute Gasteiger partial charge is 0.507 e. The maximum atomic E-state index is 13.0. The summed E-state index contributed by atoms with van der Waals surface area (Å²) in [6, 6.07) is 6.20. The van der Waals surface area contributed by atoms with Crippen molar-refractivity contribution in [1.82, 2.24) is 5.32 Å². The summed E-state index contributed by atoms with van der Waals surface area (Å²) >= 11 is 0. The lowest BCUT2D eigenvalue weighted by Crippen LogP contribution is -2.43. The van der Waals surface area contributed by atoms with Crippen LogP contribution in [-0.2, 0) is 9.59 Å². The van der Waals surface area contributed by atoms with Crippen molar-refractivity contribution in [3.05, 3.63) is 52.1 Å². The number of benzene rings is 1. The Kier molecular flexibility index (Phi) is 5.99. The number of carbonyl (C=O) groups is 3. The zero-order valence-electron chi connectivity index (χ0n) is 17.9. The summed E-state index contributed by atoms with van der Waals surface area (Å²) in [6.07, 6.45) is 2.16. The first-order valence-corrected chi connectivity index (χ1v) is 10.3. The van der Waals surface area contributed by atoms with Crippen molar-refractivity contribution < 1.29 is 24.6 Å². The summed E-state index contributed by atoms with van der Waals surface area (Å²) in [5.41, 5.74) is 0.784. The number of ketones is 2. The molecule has 1 aromatic carbocycles. The van der Waals surface area contributed by atoms with Crippen LogP contribution in [0.2, 0.25) is 0 Å². The molecule has 3 rings (SSSR count). The van der Waals surface area contributed by atoms with Crippen molar-refractivity contribution in [3.63, 3.8) is 0 Å². The molecule has 160 valence electrons. The molecule has 3 N–H and O–H groups in total. The van der Waals surface area contributed by atoms with E-state index in [0.29, 0.717) is 22.3 Å².